The number of sulfonamides is 1. The molecule has 3 N–H and O–H groups in total. The van der Waals surface area contributed by atoms with Crippen molar-refractivity contribution in [3.05, 3.63) is 82.4 Å². The van der Waals surface area contributed by atoms with Gasteiger partial charge in [-0.15, -0.1) is 0 Å². The molecule has 0 radical (unpaired) electrons. The molecule has 4 rings (SSSR count). The summed E-state index contributed by atoms with van der Waals surface area (Å²) in [6.45, 7) is 1.03. The maximum absolute atomic E-state index is 13.8. The molecule has 244 valence electrons. The maximum Gasteiger partial charge on any atom is 0.430 e. The minimum Gasteiger partial charge on any atom is -0.506 e. The summed E-state index contributed by atoms with van der Waals surface area (Å²) in [5, 5.41) is 29.8. The average Bonchev–Trinajstić information content (AvgIpc) is 2.96. The topological polar surface area (TPSA) is 128 Å². The predicted molar refractivity (Wildman–Crippen MR) is 145 cm³/mol. The Balaban J connectivity index is 1.73. The summed E-state index contributed by atoms with van der Waals surface area (Å²) in [5.41, 5.74) is -6.61. The van der Waals surface area contributed by atoms with Crippen LogP contribution in [0.25, 0.3) is 0 Å². The number of hydrogen-bond acceptors (Lipinski definition) is 7. The van der Waals surface area contributed by atoms with Crippen LogP contribution in [0, 0.1) is 12.7 Å². The number of aliphatic hydroxyl groups excluding tert-OH is 1. The largest absolute Gasteiger partial charge is 0.506 e. The highest BCUT2D eigenvalue weighted by molar-refractivity contribution is 7.92. The van der Waals surface area contributed by atoms with Crippen LogP contribution in [0.2, 0.25) is 0 Å². The summed E-state index contributed by atoms with van der Waals surface area (Å²) < 4.78 is 123. The van der Waals surface area contributed by atoms with Gasteiger partial charge in [-0.3, -0.25) is 14.1 Å². The number of rotatable bonds is 9. The van der Waals surface area contributed by atoms with Crippen molar-refractivity contribution in [1.82, 2.24) is 4.98 Å². The lowest BCUT2D eigenvalue weighted by Gasteiger charge is -2.39. The Bertz CT molecular complexity index is 1680. The van der Waals surface area contributed by atoms with Crippen molar-refractivity contribution < 1.29 is 59.3 Å². The number of fused-ring (bicyclic) bond motifs is 1. The first-order valence-corrected chi connectivity index (χ1v) is 14.8. The number of anilines is 1. The zero-order valence-corrected chi connectivity index (χ0v) is 24.3. The number of aromatic nitrogens is 1. The van der Waals surface area contributed by atoms with Gasteiger partial charge in [-0.25, -0.2) is 12.8 Å². The Morgan fingerprint density at radius 1 is 1.04 bits per heavy atom. The molecule has 45 heavy (non-hydrogen) atoms. The van der Waals surface area contributed by atoms with Crippen LogP contribution < -0.4 is 4.31 Å². The van der Waals surface area contributed by atoms with Gasteiger partial charge in [-0.05, 0) is 62.1 Å². The number of aryl methyl sites for hydroxylation is 2. The van der Waals surface area contributed by atoms with Crippen molar-refractivity contribution in [2.75, 3.05) is 4.31 Å². The Morgan fingerprint density at radius 3 is 2.24 bits per heavy atom. The van der Waals surface area contributed by atoms with E-state index in [2.05, 4.69) is 4.98 Å². The van der Waals surface area contributed by atoms with Crippen molar-refractivity contribution in [3.63, 3.8) is 0 Å². The summed E-state index contributed by atoms with van der Waals surface area (Å²) in [6, 6.07) is 3.84. The number of nitrogens with zero attached hydrogens (tertiary/aromatic N) is 2. The van der Waals surface area contributed by atoms with E-state index >= 15 is 0 Å². The second-order valence-corrected chi connectivity index (χ2v) is 12.4. The highest BCUT2D eigenvalue weighted by Crippen LogP contribution is 2.51. The van der Waals surface area contributed by atoms with Gasteiger partial charge in [0.15, 0.2) is 0 Å². The molecule has 0 fully saturated rings. The third-order valence-electron chi connectivity index (χ3n) is 7.72. The second kappa shape index (κ2) is 12.2. The fourth-order valence-corrected chi connectivity index (χ4v) is 7.03. The molecule has 0 amide bonds. The predicted octanol–water partition coefficient (Wildman–Crippen LogP) is 5.14. The van der Waals surface area contributed by atoms with Gasteiger partial charge in [-0.2, -0.15) is 26.3 Å². The summed E-state index contributed by atoms with van der Waals surface area (Å²) >= 11 is 0. The Labute approximate surface area is 252 Å². The van der Waals surface area contributed by atoms with E-state index in [0.29, 0.717) is 22.5 Å². The Kier molecular flexibility index (Phi) is 9.26. The molecule has 0 unspecified atom stereocenters. The molecule has 3 aromatic rings. The summed E-state index contributed by atoms with van der Waals surface area (Å²) in [5.74, 6) is -1.50. The molecule has 0 spiro atoms. The van der Waals surface area contributed by atoms with Crippen LogP contribution in [0.3, 0.4) is 0 Å². The Morgan fingerprint density at radius 2 is 1.67 bits per heavy atom. The van der Waals surface area contributed by atoms with Crippen molar-refractivity contribution >= 4 is 21.5 Å². The number of carbonyl (C=O) groups is 1. The van der Waals surface area contributed by atoms with Crippen LogP contribution >= 0.6 is 0 Å². The third-order valence-corrected chi connectivity index (χ3v) is 9.60. The number of ketones is 1. The zero-order valence-electron chi connectivity index (χ0n) is 23.5. The zero-order chi connectivity index (χ0) is 33.5. The van der Waals surface area contributed by atoms with Gasteiger partial charge in [0.1, 0.15) is 17.3 Å². The fourth-order valence-electron chi connectivity index (χ4n) is 5.31. The molecule has 0 saturated carbocycles. The number of aliphatic hydroxyl groups is 2. The molecule has 1 atom stereocenters. The van der Waals surface area contributed by atoms with E-state index in [9.17, 15) is 59.3 Å². The standard InChI is InChI=1S/C29H27F7N2O6S/c1-16-26(41)24(18(15-39)14-37-16)10-7-22(40)13-21-6-2-17-12-19(27(42,28(31,32)33)29(34,35)36)3-11-25(17)38(21)45(43,44)23-8-4-20(30)5-9-23/h3-5,8-9,11-12,14,21,39,41-42H,2,6-7,10,13,15H2,1H3/t21-/m0/s1. The highest BCUT2D eigenvalue weighted by atomic mass is 32.2. The smallest absolute Gasteiger partial charge is 0.430 e. The number of Topliss-reactive ketones (excluding diaryl/α,β-unsaturated/α-hetero) is 1. The van der Waals surface area contributed by atoms with E-state index in [0.717, 1.165) is 24.3 Å². The van der Waals surface area contributed by atoms with Crippen molar-refractivity contribution in [2.24, 2.45) is 0 Å². The molecule has 16 heteroatoms. The number of aromatic hydroxyl groups is 1. The van der Waals surface area contributed by atoms with Crippen LogP contribution in [0.5, 0.6) is 5.75 Å². The second-order valence-electron chi connectivity index (χ2n) is 10.6. The lowest BCUT2D eigenvalue weighted by molar-refractivity contribution is -0.376. The molecule has 0 bridgehead atoms. The molecule has 0 aliphatic carbocycles. The molecular formula is C29H27F7N2O6S. The van der Waals surface area contributed by atoms with Crippen LogP contribution in [0.1, 0.15) is 47.2 Å². The molecule has 1 aromatic heterocycles. The summed E-state index contributed by atoms with van der Waals surface area (Å²) in [7, 11) is -4.66. The average molecular weight is 665 g/mol. The monoisotopic (exact) mass is 664 g/mol. The minimum atomic E-state index is -6.17. The summed E-state index contributed by atoms with van der Waals surface area (Å²) in [4.78, 5) is 16.6. The van der Waals surface area contributed by atoms with E-state index in [1.54, 1.807) is 0 Å². The number of pyridine rings is 1. The van der Waals surface area contributed by atoms with Crippen molar-refractivity contribution in [1.29, 1.82) is 0 Å². The first-order valence-electron chi connectivity index (χ1n) is 13.4. The van der Waals surface area contributed by atoms with E-state index in [1.807, 2.05) is 0 Å². The lowest BCUT2D eigenvalue weighted by atomic mass is 9.87. The molecule has 1 aliphatic rings. The first kappa shape index (κ1) is 34.1. The molecule has 2 aromatic carbocycles. The number of carbonyl (C=O) groups excluding carboxylic acids is 1. The SMILES string of the molecule is Cc1ncc(CO)c(CCC(=O)C[C@@H]2CCc3cc(C(O)(C(F)(F)F)C(F)(F)F)ccc3N2S(=O)(=O)c2ccc(F)cc2)c1O. The Hall–Kier alpha value is -3.76. The normalized spacial score (nSPS) is 16.0. The van der Waals surface area contributed by atoms with Crippen LogP contribution in [-0.4, -0.2) is 52.9 Å². The van der Waals surface area contributed by atoms with Crippen LogP contribution in [0.15, 0.2) is 53.6 Å². The summed E-state index contributed by atoms with van der Waals surface area (Å²) in [6.07, 6.45) is -12.2. The van der Waals surface area contributed by atoms with Crippen molar-refractivity contribution in [2.45, 2.75) is 74.5 Å². The van der Waals surface area contributed by atoms with E-state index in [-0.39, 0.29) is 59.5 Å². The number of halogens is 7. The van der Waals surface area contributed by atoms with Gasteiger partial charge in [-0.1, -0.05) is 12.1 Å². The van der Waals surface area contributed by atoms with Gasteiger partial charge in [0.05, 0.1) is 28.9 Å². The van der Waals surface area contributed by atoms with Gasteiger partial charge in [0.25, 0.3) is 15.6 Å². The number of alkyl halides is 6. The van der Waals surface area contributed by atoms with Gasteiger partial charge in [0.2, 0.25) is 0 Å². The first-order chi connectivity index (χ1) is 20.8. The van der Waals surface area contributed by atoms with Crippen molar-refractivity contribution in [3.8, 4) is 5.75 Å². The van der Waals surface area contributed by atoms with Gasteiger partial charge < -0.3 is 15.3 Å². The fraction of sp³-hybridized carbons (Fsp3) is 0.379. The highest BCUT2D eigenvalue weighted by Gasteiger charge is 2.71. The molecule has 2 heterocycles. The van der Waals surface area contributed by atoms with Crippen LogP contribution in [-0.2, 0) is 39.9 Å². The van der Waals surface area contributed by atoms with Crippen LogP contribution in [0.4, 0.5) is 36.4 Å². The quantitative estimate of drug-likeness (QED) is 0.271. The van der Waals surface area contributed by atoms with Gasteiger partial charge >= 0.3 is 12.4 Å². The van der Waals surface area contributed by atoms with E-state index in [1.165, 1.54) is 13.1 Å². The number of benzene rings is 2. The minimum absolute atomic E-state index is 0.0469. The molecule has 0 saturated heterocycles. The number of hydrogen-bond donors (Lipinski definition) is 3. The third kappa shape index (κ3) is 6.35. The van der Waals surface area contributed by atoms with Gasteiger partial charge in [0, 0.05) is 35.7 Å². The molecular weight excluding hydrogens is 637 g/mol. The van der Waals surface area contributed by atoms with E-state index in [4.69, 9.17) is 0 Å². The molecule has 1 aliphatic heterocycles. The molecule has 8 nitrogen and oxygen atoms in total. The lowest BCUT2D eigenvalue weighted by Crippen LogP contribution is -2.54. The van der Waals surface area contributed by atoms with E-state index < -0.39 is 69.1 Å². The maximum atomic E-state index is 13.8.